The quantitative estimate of drug-likeness (QED) is 0.808. The predicted molar refractivity (Wildman–Crippen MR) is 86.6 cm³/mol. The largest absolute Gasteiger partial charge is 0.350 e. The lowest BCUT2D eigenvalue weighted by atomic mass is 10.1. The summed E-state index contributed by atoms with van der Waals surface area (Å²) < 4.78 is 0. The summed E-state index contributed by atoms with van der Waals surface area (Å²) in [6, 6.07) is -0.0229. The number of carbonyl (C=O) groups is 2. The van der Waals surface area contributed by atoms with Crippen LogP contribution < -0.4 is 10.6 Å². The minimum atomic E-state index is -0.256. The lowest BCUT2D eigenvalue weighted by Crippen LogP contribution is -2.51. The van der Waals surface area contributed by atoms with E-state index in [1.54, 1.807) is 11.8 Å². The summed E-state index contributed by atoms with van der Waals surface area (Å²) in [6.45, 7) is 1.82. The maximum atomic E-state index is 12.5. The Balaban J connectivity index is 0.00000161. The number of hydrogen-bond donors (Lipinski definition) is 2. The van der Waals surface area contributed by atoms with Gasteiger partial charge >= 0.3 is 0 Å². The molecule has 0 radical (unpaired) electrons. The van der Waals surface area contributed by atoms with Crippen LogP contribution >= 0.6 is 24.2 Å². The second-order valence-corrected chi connectivity index (χ2v) is 7.00. The first-order valence-electron chi connectivity index (χ1n) is 7.65. The third kappa shape index (κ3) is 3.85. The number of thioether (sulfide) groups is 1. The summed E-state index contributed by atoms with van der Waals surface area (Å²) in [5.41, 5.74) is 0. The second-order valence-electron chi connectivity index (χ2n) is 6.00. The van der Waals surface area contributed by atoms with Crippen LogP contribution in [0.4, 0.5) is 0 Å². The topological polar surface area (TPSA) is 61.4 Å². The van der Waals surface area contributed by atoms with Crippen molar-refractivity contribution in [2.24, 2.45) is 5.92 Å². The molecule has 0 aromatic carbocycles. The zero-order chi connectivity index (χ0) is 13.9. The molecule has 2 unspecified atom stereocenters. The summed E-state index contributed by atoms with van der Waals surface area (Å²) in [5.74, 6) is 1.82. The molecule has 3 aliphatic rings. The van der Waals surface area contributed by atoms with Crippen molar-refractivity contribution in [3.8, 4) is 0 Å². The van der Waals surface area contributed by atoms with Gasteiger partial charge in [0.2, 0.25) is 11.8 Å². The van der Waals surface area contributed by atoms with Gasteiger partial charge in [0.1, 0.15) is 6.04 Å². The van der Waals surface area contributed by atoms with Crippen LogP contribution in [0.3, 0.4) is 0 Å². The molecule has 2 aliphatic heterocycles. The molecule has 0 aromatic rings. The molecule has 1 saturated carbocycles. The highest BCUT2D eigenvalue weighted by atomic mass is 35.5. The van der Waals surface area contributed by atoms with Gasteiger partial charge in [0.15, 0.2) is 0 Å². The number of nitrogens with one attached hydrogen (secondary N) is 2. The summed E-state index contributed by atoms with van der Waals surface area (Å²) in [4.78, 5) is 26.7. The number of carbonyl (C=O) groups excluding carboxylic acids is 2. The molecule has 7 heteroatoms. The SMILES string of the molecule is Cl.O=C(NC1CCNC1)C1CSCN1C(=O)C1CCCC1. The van der Waals surface area contributed by atoms with Gasteiger partial charge in [0.25, 0.3) is 0 Å². The Morgan fingerprint density at radius 3 is 2.62 bits per heavy atom. The number of hydrogen-bond acceptors (Lipinski definition) is 4. The van der Waals surface area contributed by atoms with Crippen molar-refractivity contribution in [1.29, 1.82) is 0 Å². The average molecular weight is 334 g/mol. The van der Waals surface area contributed by atoms with Crippen LogP contribution in [0.5, 0.6) is 0 Å². The molecule has 2 saturated heterocycles. The van der Waals surface area contributed by atoms with Gasteiger partial charge in [-0.3, -0.25) is 9.59 Å². The van der Waals surface area contributed by atoms with Crippen LogP contribution in [0.15, 0.2) is 0 Å². The Labute approximate surface area is 136 Å². The van der Waals surface area contributed by atoms with Gasteiger partial charge in [-0.05, 0) is 25.8 Å². The third-order valence-corrected chi connectivity index (χ3v) is 5.59. The van der Waals surface area contributed by atoms with Gasteiger partial charge in [-0.1, -0.05) is 12.8 Å². The molecule has 3 fully saturated rings. The van der Waals surface area contributed by atoms with Crippen LogP contribution in [-0.4, -0.2) is 53.5 Å². The Morgan fingerprint density at radius 1 is 1.19 bits per heavy atom. The molecule has 5 nitrogen and oxygen atoms in total. The first kappa shape index (κ1) is 16.9. The van der Waals surface area contributed by atoms with Crippen molar-refractivity contribution >= 4 is 36.0 Å². The molecule has 2 amide bonds. The third-order valence-electron chi connectivity index (χ3n) is 4.58. The highest BCUT2D eigenvalue weighted by Gasteiger charge is 2.38. The van der Waals surface area contributed by atoms with E-state index in [2.05, 4.69) is 10.6 Å². The zero-order valence-corrected chi connectivity index (χ0v) is 13.8. The molecule has 0 spiro atoms. The fourth-order valence-corrected chi connectivity index (χ4v) is 4.52. The van der Waals surface area contributed by atoms with Crippen molar-refractivity contribution in [3.63, 3.8) is 0 Å². The Kier molecular flexibility index (Phi) is 6.20. The molecule has 21 heavy (non-hydrogen) atoms. The minimum absolute atomic E-state index is 0. The second kappa shape index (κ2) is 7.70. The number of rotatable bonds is 3. The van der Waals surface area contributed by atoms with E-state index in [0.29, 0.717) is 5.88 Å². The summed E-state index contributed by atoms with van der Waals surface area (Å²) in [6.07, 6.45) is 5.30. The van der Waals surface area contributed by atoms with Gasteiger partial charge in [0, 0.05) is 24.3 Å². The molecule has 2 atom stereocenters. The van der Waals surface area contributed by atoms with Gasteiger partial charge in [-0.25, -0.2) is 0 Å². The Bertz CT molecular complexity index is 384. The van der Waals surface area contributed by atoms with Gasteiger partial charge in [-0.15, -0.1) is 24.2 Å². The molecule has 3 rings (SSSR count). The van der Waals surface area contributed by atoms with Crippen molar-refractivity contribution < 1.29 is 9.59 Å². The van der Waals surface area contributed by atoms with E-state index in [9.17, 15) is 9.59 Å². The van der Waals surface area contributed by atoms with Crippen LogP contribution in [0.1, 0.15) is 32.1 Å². The summed E-state index contributed by atoms with van der Waals surface area (Å²) in [5, 5.41) is 6.33. The van der Waals surface area contributed by atoms with Crippen molar-refractivity contribution in [2.75, 3.05) is 24.7 Å². The normalized spacial score (nSPS) is 29.4. The summed E-state index contributed by atoms with van der Waals surface area (Å²) in [7, 11) is 0. The van der Waals surface area contributed by atoms with Crippen molar-refractivity contribution in [3.05, 3.63) is 0 Å². The fraction of sp³-hybridized carbons (Fsp3) is 0.857. The van der Waals surface area contributed by atoms with E-state index in [-0.39, 0.29) is 42.2 Å². The van der Waals surface area contributed by atoms with E-state index in [0.717, 1.165) is 50.9 Å². The fourth-order valence-electron chi connectivity index (χ4n) is 3.36. The lowest BCUT2D eigenvalue weighted by molar-refractivity contribution is -0.141. The van der Waals surface area contributed by atoms with E-state index < -0.39 is 0 Å². The Morgan fingerprint density at radius 2 is 1.95 bits per heavy atom. The molecule has 0 bridgehead atoms. The highest BCUT2D eigenvalue weighted by molar-refractivity contribution is 7.99. The standard InChI is InChI=1S/C14H23N3O2S.ClH/c18-13(16-11-5-6-15-7-11)12-8-20-9-17(12)14(19)10-3-1-2-4-10;/h10-12,15H,1-9H2,(H,16,18);1H. The lowest BCUT2D eigenvalue weighted by Gasteiger charge is -2.26. The number of halogens is 1. The van der Waals surface area contributed by atoms with Crippen molar-refractivity contribution in [2.45, 2.75) is 44.2 Å². The van der Waals surface area contributed by atoms with Crippen LogP contribution in [0.25, 0.3) is 0 Å². The monoisotopic (exact) mass is 333 g/mol. The van der Waals surface area contributed by atoms with Gasteiger partial charge in [-0.2, -0.15) is 0 Å². The van der Waals surface area contributed by atoms with Crippen LogP contribution in [0.2, 0.25) is 0 Å². The van der Waals surface area contributed by atoms with E-state index in [1.165, 1.54) is 0 Å². The molecule has 120 valence electrons. The first-order chi connectivity index (χ1) is 9.75. The molecular weight excluding hydrogens is 310 g/mol. The highest BCUT2D eigenvalue weighted by Crippen LogP contribution is 2.30. The smallest absolute Gasteiger partial charge is 0.243 e. The van der Waals surface area contributed by atoms with Gasteiger partial charge < -0.3 is 15.5 Å². The molecular formula is C14H24ClN3O2S. The maximum Gasteiger partial charge on any atom is 0.243 e. The average Bonchev–Trinajstić information content (AvgIpc) is 3.19. The minimum Gasteiger partial charge on any atom is -0.350 e. The number of nitrogens with zero attached hydrogens (tertiary/aromatic N) is 1. The van der Waals surface area contributed by atoms with E-state index >= 15 is 0 Å². The molecule has 2 heterocycles. The van der Waals surface area contributed by atoms with Gasteiger partial charge in [0.05, 0.1) is 5.88 Å². The van der Waals surface area contributed by atoms with E-state index in [1.807, 2.05) is 4.90 Å². The Hall–Kier alpha value is -0.460. The molecule has 1 aliphatic carbocycles. The van der Waals surface area contributed by atoms with E-state index in [4.69, 9.17) is 0 Å². The number of amides is 2. The first-order valence-corrected chi connectivity index (χ1v) is 8.80. The summed E-state index contributed by atoms with van der Waals surface area (Å²) >= 11 is 1.69. The maximum absolute atomic E-state index is 12.5. The van der Waals surface area contributed by atoms with Crippen LogP contribution in [0, 0.1) is 5.92 Å². The molecule has 2 N–H and O–H groups in total. The zero-order valence-electron chi connectivity index (χ0n) is 12.2. The predicted octanol–water partition coefficient (Wildman–Crippen LogP) is 0.978. The molecule has 0 aromatic heterocycles. The van der Waals surface area contributed by atoms with Crippen LogP contribution in [-0.2, 0) is 9.59 Å². The van der Waals surface area contributed by atoms with Crippen molar-refractivity contribution in [1.82, 2.24) is 15.5 Å².